The number of carboxylic acid groups (broad SMARTS) is 1. The van der Waals surface area contributed by atoms with E-state index in [1.54, 1.807) is 29.2 Å². The van der Waals surface area contributed by atoms with Crippen molar-refractivity contribution in [2.24, 2.45) is 7.05 Å². The highest BCUT2D eigenvalue weighted by atomic mass is 16.4. The van der Waals surface area contributed by atoms with Gasteiger partial charge in [0.1, 0.15) is 0 Å². The highest BCUT2D eigenvalue weighted by Gasteiger charge is 2.17. The molecule has 0 aliphatic carbocycles. The molecule has 3 aromatic rings. The van der Waals surface area contributed by atoms with E-state index in [-0.39, 0.29) is 5.69 Å². The number of rotatable bonds is 3. The molecule has 1 N–H and O–H groups in total. The summed E-state index contributed by atoms with van der Waals surface area (Å²) in [6, 6.07) is 8.99. The van der Waals surface area contributed by atoms with Gasteiger partial charge in [-0.2, -0.15) is 5.10 Å². The fourth-order valence-electron chi connectivity index (χ4n) is 2.07. The molecule has 6 nitrogen and oxygen atoms in total. The summed E-state index contributed by atoms with van der Waals surface area (Å²) in [5.41, 5.74) is 2.32. The van der Waals surface area contributed by atoms with Crippen LogP contribution in [0, 0.1) is 0 Å². The molecule has 0 saturated heterocycles. The molecule has 0 aliphatic heterocycles. The summed E-state index contributed by atoms with van der Waals surface area (Å²) in [5, 5.41) is 13.3. The normalized spacial score (nSPS) is 10.7. The van der Waals surface area contributed by atoms with Crippen molar-refractivity contribution < 1.29 is 9.90 Å². The lowest BCUT2D eigenvalue weighted by atomic mass is 10.2. The van der Waals surface area contributed by atoms with Crippen LogP contribution in [0.5, 0.6) is 0 Å². The molecule has 0 bridgehead atoms. The molecular weight excluding hydrogens is 256 g/mol. The van der Waals surface area contributed by atoms with Crippen LogP contribution in [-0.2, 0) is 7.05 Å². The number of carbonyl (C=O) groups is 1. The van der Waals surface area contributed by atoms with E-state index in [1.165, 1.54) is 0 Å². The molecular formula is C14H12N4O2. The first-order chi connectivity index (χ1) is 9.66. The zero-order chi connectivity index (χ0) is 14.1. The van der Waals surface area contributed by atoms with Gasteiger partial charge in [0.2, 0.25) is 0 Å². The van der Waals surface area contributed by atoms with Crippen LogP contribution in [0.25, 0.3) is 17.1 Å². The maximum Gasteiger partial charge on any atom is 0.356 e. The largest absolute Gasteiger partial charge is 0.476 e. The molecule has 20 heavy (non-hydrogen) atoms. The number of hydrogen-bond acceptors (Lipinski definition) is 3. The SMILES string of the molecule is Cn1cccc1-c1cc(C(=O)O)nn1-c1cccnc1. The number of hydrogen-bond donors (Lipinski definition) is 1. The van der Waals surface area contributed by atoms with Crippen molar-refractivity contribution in [1.29, 1.82) is 0 Å². The van der Waals surface area contributed by atoms with Crippen LogP contribution in [0.4, 0.5) is 0 Å². The van der Waals surface area contributed by atoms with Crippen LogP contribution in [0.1, 0.15) is 10.5 Å². The Balaban J connectivity index is 2.23. The Morgan fingerprint density at radius 3 is 2.70 bits per heavy atom. The zero-order valence-corrected chi connectivity index (χ0v) is 10.8. The third-order valence-electron chi connectivity index (χ3n) is 3.03. The highest BCUT2D eigenvalue weighted by Crippen LogP contribution is 2.23. The molecule has 100 valence electrons. The van der Waals surface area contributed by atoms with Crippen molar-refractivity contribution >= 4 is 5.97 Å². The van der Waals surface area contributed by atoms with Crippen molar-refractivity contribution in [2.75, 3.05) is 0 Å². The topological polar surface area (TPSA) is 72.9 Å². The second kappa shape index (κ2) is 4.65. The second-order valence-corrected chi connectivity index (χ2v) is 4.35. The fraction of sp³-hybridized carbons (Fsp3) is 0.0714. The van der Waals surface area contributed by atoms with Gasteiger partial charge in [-0.1, -0.05) is 0 Å². The van der Waals surface area contributed by atoms with Crippen LogP contribution >= 0.6 is 0 Å². The Kier molecular flexibility index (Phi) is 2.83. The Morgan fingerprint density at radius 2 is 2.10 bits per heavy atom. The molecule has 0 unspecified atom stereocenters. The smallest absolute Gasteiger partial charge is 0.356 e. The van der Waals surface area contributed by atoms with Crippen LogP contribution in [0.2, 0.25) is 0 Å². The van der Waals surface area contributed by atoms with Crippen molar-refractivity contribution in [3.05, 3.63) is 54.6 Å². The van der Waals surface area contributed by atoms with Gasteiger partial charge in [-0.15, -0.1) is 0 Å². The molecule has 0 aliphatic rings. The quantitative estimate of drug-likeness (QED) is 0.788. The summed E-state index contributed by atoms with van der Waals surface area (Å²) >= 11 is 0. The van der Waals surface area contributed by atoms with Gasteiger partial charge >= 0.3 is 5.97 Å². The zero-order valence-electron chi connectivity index (χ0n) is 10.8. The minimum atomic E-state index is -1.05. The summed E-state index contributed by atoms with van der Waals surface area (Å²) in [6.07, 6.45) is 5.20. The molecule has 0 saturated carbocycles. The van der Waals surface area contributed by atoms with Crippen LogP contribution in [0.3, 0.4) is 0 Å². The summed E-state index contributed by atoms with van der Waals surface area (Å²) < 4.78 is 3.50. The van der Waals surface area contributed by atoms with Gasteiger partial charge in [0.25, 0.3) is 0 Å². The van der Waals surface area contributed by atoms with E-state index in [2.05, 4.69) is 10.1 Å². The van der Waals surface area contributed by atoms with Crippen molar-refractivity contribution in [3.8, 4) is 17.1 Å². The van der Waals surface area contributed by atoms with Crippen molar-refractivity contribution in [2.45, 2.75) is 0 Å². The molecule has 0 atom stereocenters. The number of nitrogens with zero attached hydrogens (tertiary/aromatic N) is 4. The summed E-state index contributed by atoms with van der Waals surface area (Å²) in [6.45, 7) is 0. The lowest BCUT2D eigenvalue weighted by Crippen LogP contribution is -2.03. The van der Waals surface area contributed by atoms with E-state index in [1.807, 2.05) is 36.0 Å². The maximum absolute atomic E-state index is 11.2. The Morgan fingerprint density at radius 1 is 1.25 bits per heavy atom. The van der Waals surface area contributed by atoms with Gasteiger partial charge < -0.3 is 9.67 Å². The minimum Gasteiger partial charge on any atom is -0.476 e. The van der Waals surface area contributed by atoms with Gasteiger partial charge in [-0.3, -0.25) is 4.98 Å². The van der Waals surface area contributed by atoms with Gasteiger partial charge in [0, 0.05) is 25.5 Å². The lowest BCUT2D eigenvalue weighted by Gasteiger charge is -2.07. The first kappa shape index (κ1) is 12.2. The Labute approximate surface area is 114 Å². The Bertz CT molecular complexity index is 759. The molecule has 6 heteroatoms. The fourth-order valence-corrected chi connectivity index (χ4v) is 2.07. The average Bonchev–Trinajstić information content (AvgIpc) is 3.05. The Hall–Kier alpha value is -2.89. The average molecular weight is 268 g/mol. The molecule has 0 spiro atoms. The van der Waals surface area contributed by atoms with Crippen LogP contribution in [-0.4, -0.2) is 30.4 Å². The highest BCUT2D eigenvalue weighted by molar-refractivity contribution is 5.87. The third-order valence-corrected chi connectivity index (χ3v) is 3.03. The van der Waals surface area contributed by atoms with E-state index >= 15 is 0 Å². The molecule has 0 fully saturated rings. The first-order valence-electron chi connectivity index (χ1n) is 6.02. The first-order valence-corrected chi connectivity index (χ1v) is 6.02. The van der Waals surface area contributed by atoms with Gasteiger partial charge in [-0.05, 0) is 24.3 Å². The van der Waals surface area contributed by atoms with Crippen LogP contribution < -0.4 is 0 Å². The standard InChI is InChI=1S/C14H12N4O2/c1-17-7-3-5-12(17)13-8-11(14(19)20)16-18(13)10-4-2-6-15-9-10/h2-9H,1H3,(H,19,20). The predicted octanol–water partition coefficient (Wildman–Crippen LogP) is 1.97. The molecule has 0 amide bonds. The van der Waals surface area contributed by atoms with E-state index < -0.39 is 5.97 Å². The van der Waals surface area contributed by atoms with Gasteiger partial charge in [0.05, 0.1) is 23.3 Å². The predicted molar refractivity (Wildman–Crippen MR) is 72.7 cm³/mol. The van der Waals surface area contributed by atoms with E-state index in [9.17, 15) is 4.79 Å². The number of pyridine rings is 1. The van der Waals surface area contributed by atoms with Crippen LogP contribution in [0.15, 0.2) is 48.9 Å². The molecule has 3 heterocycles. The molecule has 0 radical (unpaired) electrons. The summed E-state index contributed by atoms with van der Waals surface area (Å²) in [4.78, 5) is 15.2. The monoisotopic (exact) mass is 268 g/mol. The molecule has 3 rings (SSSR count). The third kappa shape index (κ3) is 1.97. The number of aryl methyl sites for hydroxylation is 1. The molecule has 3 aromatic heterocycles. The van der Waals surface area contributed by atoms with Gasteiger partial charge in [0.15, 0.2) is 5.69 Å². The summed E-state index contributed by atoms with van der Waals surface area (Å²) in [7, 11) is 1.90. The summed E-state index contributed by atoms with van der Waals surface area (Å²) in [5.74, 6) is -1.05. The number of carboxylic acids is 1. The van der Waals surface area contributed by atoms with Crippen molar-refractivity contribution in [1.82, 2.24) is 19.3 Å². The number of aromatic carboxylic acids is 1. The van der Waals surface area contributed by atoms with Crippen molar-refractivity contribution in [3.63, 3.8) is 0 Å². The lowest BCUT2D eigenvalue weighted by molar-refractivity contribution is 0.0690. The number of aromatic nitrogens is 4. The van der Waals surface area contributed by atoms with Gasteiger partial charge in [-0.25, -0.2) is 9.48 Å². The van der Waals surface area contributed by atoms with E-state index in [0.717, 1.165) is 11.4 Å². The minimum absolute atomic E-state index is 0.00468. The van der Waals surface area contributed by atoms with E-state index in [0.29, 0.717) is 5.69 Å². The maximum atomic E-state index is 11.2. The van der Waals surface area contributed by atoms with E-state index in [4.69, 9.17) is 5.11 Å². The molecule has 0 aromatic carbocycles. The second-order valence-electron chi connectivity index (χ2n) is 4.35.